The van der Waals surface area contributed by atoms with Gasteiger partial charge in [-0.05, 0) is 43.0 Å². The van der Waals surface area contributed by atoms with E-state index in [9.17, 15) is 4.79 Å². The van der Waals surface area contributed by atoms with Crippen molar-refractivity contribution in [2.24, 2.45) is 0 Å². The molecule has 2 nitrogen and oxygen atoms in total. The van der Waals surface area contributed by atoms with Gasteiger partial charge in [0.05, 0.1) is 0 Å². The summed E-state index contributed by atoms with van der Waals surface area (Å²) in [6.45, 7) is 6.97. The van der Waals surface area contributed by atoms with Crippen LogP contribution < -0.4 is 0 Å². The van der Waals surface area contributed by atoms with Crippen LogP contribution in [0.2, 0.25) is 0 Å². The SMILES string of the molecule is Cc1ccc(CN(C)C(=O)Br)c(C)c1C. The summed E-state index contributed by atoms with van der Waals surface area (Å²) in [7, 11) is 1.78. The first kappa shape index (κ1) is 12.2. The number of nitrogens with zero attached hydrogens (tertiary/aromatic N) is 1. The average molecular weight is 270 g/mol. The summed E-state index contributed by atoms with van der Waals surface area (Å²) in [6.07, 6.45) is 0. The number of hydrogen-bond donors (Lipinski definition) is 0. The molecule has 1 rings (SSSR count). The molecule has 0 saturated carbocycles. The predicted molar refractivity (Wildman–Crippen MR) is 66.4 cm³/mol. The number of hydrogen-bond acceptors (Lipinski definition) is 1. The minimum absolute atomic E-state index is 0.0832. The molecule has 3 heteroatoms. The van der Waals surface area contributed by atoms with Crippen LogP contribution in [0.15, 0.2) is 12.1 Å². The molecule has 0 N–H and O–H groups in total. The van der Waals surface area contributed by atoms with E-state index in [1.165, 1.54) is 22.3 Å². The third kappa shape index (κ3) is 2.81. The van der Waals surface area contributed by atoms with Gasteiger partial charge in [-0.3, -0.25) is 4.79 Å². The molecule has 0 aliphatic carbocycles. The van der Waals surface area contributed by atoms with Gasteiger partial charge in [0.15, 0.2) is 0 Å². The number of amides is 1. The molecule has 1 amide bonds. The van der Waals surface area contributed by atoms with Crippen molar-refractivity contribution in [1.82, 2.24) is 4.90 Å². The average Bonchev–Trinajstić information content (AvgIpc) is 2.18. The molecule has 1 aromatic carbocycles. The van der Waals surface area contributed by atoms with Crippen LogP contribution in [-0.2, 0) is 6.54 Å². The predicted octanol–water partition coefficient (Wildman–Crippen LogP) is 3.56. The zero-order valence-corrected chi connectivity index (χ0v) is 11.2. The minimum atomic E-state index is -0.0832. The van der Waals surface area contributed by atoms with Gasteiger partial charge in [0.1, 0.15) is 0 Å². The van der Waals surface area contributed by atoms with E-state index in [0.717, 1.165) is 0 Å². The lowest BCUT2D eigenvalue weighted by molar-refractivity contribution is 0.233. The third-order valence-electron chi connectivity index (χ3n) is 2.88. The van der Waals surface area contributed by atoms with Gasteiger partial charge >= 0.3 is 0 Å². The number of aryl methyl sites for hydroxylation is 1. The van der Waals surface area contributed by atoms with Crippen LogP contribution in [0.3, 0.4) is 0 Å². The lowest BCUT2D eigenvalue weighted by Crippen LogP contribution is -2.20. The van der Waals surface area contributed by atoms with Crippen LogP contribution >= 0.6 is 15.9 Å². The molecule has 82 valence electrons. The van der Waals surface area contributed by atoms with E-state index in [1.807, 2.05) is 0 Å². The van der Waals surface area contributed by atoms with Crippen molar-refractivity contribution in [2.45, 2.75) is 27.3 Å². The zero-order valence-electron chi connectivity index (χ0n) is 9.60. The second kappa shape index (κ2) is 4.79. The first-order chi connectivity index (χ1) is 6.93. The molecule has 0 fully saturated rings. The van der Waals surface area contributed by atoms with Crippen LogP contribution in [0.25, 0.3) is 0 Å². The van der Waals surface area contributed by atoms with E-state index in [4.69, 9.17) is 0 Å². The highest BCUT2D eigenvalue weighted by atomic mass is 79.9. The standard InChI is InChI=1S/C12H16BrNO/c1-8-5-6-11(10(3)9(8)2)7-14(4)12(13)15/h5-6H,7H2,1-4H3. The fraction of sp³-hybridized carbons (Fsp3) is 0.417. The number of halogens is 1. The Bertz CT molecular complexity index is 387. The van der Waals surface area contributed by atoms with Crippen LogP contribution in [0.5, 0.6) is 0 Å². The van der Waals surface area contributed by atoms with Crippen molar-refractivity contribution >= 4 is 20.7 Å². The van der Waals surface area contributed by atoms with E-state index < -0.39 is 0 Å². The summed E-state index contributed by atoms with van der Waals surface area (Å²) in [5.74, 6) is 0. The molecule has 0 heterocycles. The lowest BCUT2D eigenvalue weighted by atomic mass is 9.99. The van der Waals surface area contributed by atoms with Gasteiger partial charge in [0.25, 0.3) is 4.82 Å². The molecular weight excluding hydrogens is 254 g/mol. The molecule has 0 aliphatic heterocycles. The molecule has 0 aromatic heterocycles. The molecule has 0 aliphatic rings. The minimum Gasteiger partial charge on any atom is -0.332 e. The van der Waals surface area contributed by atoms with Gasteiger partial charge in [0, 0.05) is 29.5 Å². The Morgan fingerprint density at radius 3 is 2.40 bits per heavy atom. The Morgan fingerprint density at radius 1 is 1.27 bits per heavy atom. The van der Waals surface area contributed by atoms with Gasteiger partial charge < -0.3 is 4.90 Å². The molecule has 1 aromatic rings. The van der Waals surface area contributed by atoms with E-state index in [0.29, 0.717) is 6.54 Å². The van der Waals surface area contributed by atoms with Gasteiger partial charge in [-0.25, -0.2) is 0 Å². The van der Waals surface area contributed by atoms with Crippen molar-refractivity contribution in [3.05, 3.63) is 34.4 Å². The molecular formula is C12H16BrNO. The second-order valence-corrected chi connectivity index (χ2v) is 4.58. The Kier molecular flexibility index (Phi) is 3.91. The van der Waals surface area contributed by atoms with E-state index in [-0.39, 0.29) is 4.82 Å². The smallest absolute Gasteiger partial charge is 0.289 e. The Morgan fingerprint density at radius 2 is 1.87 bits per heavy atom. The summed E-state index contributed by atoms with van der Waals surface area (Å²) in [6, 6.07) is 4.19. The van der Waals surface area contributed by atoms with Crippen LogP contribution in [0.1, 0.15) is 22.3 Å². The fourth-order valence-corrected chi connectivity index (χ4v) is 1.63. The highest BCUT2D eigenvalue weighted by molar-refractivity contribution is 9.18. The van der Waals surface area contributed by atoms with Gasteiger partial charge in [0.2, 0.25) is 0 Å². The molecule has 0 bridgehead atoms. The number of benzene rings is 1. The summed E-state index contributed by atoms with van der Waals surface area (Å²) in [5.41, 5.74) is 5.08. The number of carbonyl (C=O) groups is 1. The van der Waals surface area contributed by atoms with E-state index >= 15 is 0 Å². The summed E-state index contributed by atoms with van der Waals surface area (Å²) in [5, 5.41) is 0. The van der Waals surface area contributed by atoms with Crippen molar-refractivity contribution < 1.29 is 4.79 Å². The Balaban J connectivity index is 2.97. The maximum Gasteiger partial charge on any atom is 0.289 e. The molecule has 15 heavy (non-hydrogen) atoms. The normalized spacial score (nSPS) is 10.2. The Hall–Kier alpha value is -0.830. The second-order valence-electron chi connectivity index (χ2n) is 3.90. The largest absolute Gasteiger partial charge is 0.332 e. The van der Waals surface area contributed by atoms with Crippen LogP contribution in [-0.4, -0.2) is 16.8 Å². The maximum absolute atomic E-state index is 11.1. The summed E-state index contributed by atoms with van der Waals surface area (Å²) < 4.78 is 0. The first-order valence-electron chi connectivity index (χ1n) is 4.89. The number of rotatable bonds is 2. The first-order valence-corrected chi connectivity index (χ1v) is 5.69. The summed E-state index contributed by atoms with van der Waals surface area (Å²) in [4.78, 5) is 12.6. The van der Waals surface area contributed by atoms with Gasteiger partial charge in [-0.15, -0.1) is 0 Å². The Labute approximate surface area is 99.4 Å². The topological polar surface area (TPSA) is 20.3 Å². The van der Waals surface area contributed by atoms with Crippen molar-refractivity contribution in [1.29, 1.82) is 0 Å². The molecule has 0 saturated heterocycles. The van der Waals surface area contributed by atoms with Crippen LogP contribution in [0, 0.1) is 20.8 Å². The molecule has 0 radical (unpaired) electrons. The van der Waals surface area contributed by atoms with E-state index in [1.54, 1.807) is 11.9 Å². The van der Waals surface area contributed by atoms with Crippen LogP contribution in [0.4, 0.5) is 4.79 Å². The van der Waals surface area contributed by atoms with Crippen molar-refractivity contribution in [2.75, 3.05) is 7.05 Å². The van der Waals surface area contributed by atoms with Crippen molar-refractivity contribution in [3.63, 3.8) is 0 Å². The van der Waals surface area contributed by atoms with Crippen molar-refractivity contribution in [3.8, 4) is 0 Å². The fourth-order valence-electron chi connectivity index (χ4n) is 1.50. The highest BCUT2D eigenvalue weighted by Crippen LogP contribution is 2.18. The monoisotopic (exact) mass is 269 g/mol. The van der Waals surface area contributed by atoms with Gasteiger partial charge in [-0.1, -0.05) is 12.1 Å². The summed E-state index contributed by atoms with van der Waals surface area (Å²) >= 11 is 2.94. The van der Waals surface area contributed by atoms with Gasteiger partial charge in [-0.2, -0.15) is 0 Å². The highest BCUT2D eigenvalue weighted by Gasteiger charge is 2.08. The quantitative estimate of drug-likeness (QED) is 0.594. The zero-order chi connectivity index (χ0) is 11.6. The third-order valence-corrected chi connectivity index (χ3v) is 3.48. The molecule has 0 unspecified atom stereocenters. The van der Waals surface area contributed by atoms with E-state index in [2.05, 4.69) is 48.8 Å². The molecule has 0 spiro atoms. The number of carbonyl (C=O) groups excluding carboxylic acids is 1. The lowest BCUT2D eigenvalue weighted by Gasteiger charge is -2.17. The maximum atomic E-state index is 11.1. The molecule has 0 atom stereocenters.